The lowest BCUT2D eigenvalue weighted by molar-refractivity contribution is -0.144. The first kappa shape index (κ1) is 21.2. The monoisotopic (exact) mass is 439 g/mol. The minimum atomic E-state index is -0.0872. The van der Waals surface area contributed by atoms with Gasteiger partial charge in [-0.25, -0.2) is 4.79 Å². The first-order chi connectivity index (χ1) is 15.5. The molecule has 32 heavy (non-hydrogen) atoms. The van der Waals surface area contributed by atoms with Gasteiger partial charge in [-0.05, 0) is 63.0 Å². The number of fused-ring (bicyclic) bond motifs is 4. The van der Waals surface area contributed by atoms with E-state index < -0.39 is 0 Å². The van der Waals surface area contributed by atoms with E-state index in [1.165, 1.54) is 0 Å². The normalized spacial score (nSPS) is 28.3. The van der Waals surface area contributed by atoms with E-state index in [2.05, 4.69) is 15.2 Å². The molecule has 8 heteroatoms. The Bertz CT molecular complexity index is 897. The average molecular weight is 440 g/mol. The predicted octanol–water partition coefficient (Wildman–Crippen LogP) is 2.04. The lowest BCUT2D eigenvalue weighted by Gasteiger charge is -2.53. The molecule has 0 aliphatic carbocycles. The number of nitrogens with zero attached hydrogens (tertiary/aromatic N) is 4. The van der Waals surface area contributed by atoms with Crippen LogP contribution >= 0.6 is 0 Å². The summed E-state index contributed by atoms with van der Waals surface area (Å²) in [4.78, 5) is 48.5. The van der Waals surface area contributed by atoms with Crippen LogP contribution in [0.15, 0.2) is 18.3 Å². The first-order valence-electron chi connectivity index (χ1n) is 12.1. The number of amides is 4. The number of rotatable bonds is 2. The summed E-state index contributed by atoms with van der Waals surface area (Å²) in [6.07, 6.45) is 7.10. The Labute approximate surface area is 189 Å². The number of likely N-dealkylation sites (tertiary alicyclic amines) is 2. The predicted molar refractivity (Wildman–Crippen MR) is 119 cm³/mol. The maximum atomic E-state index is 13.3. The number of carbonyl (C=O) groups is 3. The molecule has 4 fully saturated rings. The third-order valence-corrected chi connectivity index (χ3v) is 7.80. The topological polar surface area (TPSA) is 85.9 Å². The maximum Gasteiger partial charge on any atom is 0.320 e. The van der Waals surface area contributed by atoms with Gasteiger partial charge < -0.3 is 20.0 Å². The Morgan fingerprint density at radius 2 is 1.91 bits per heavy atom. The van der Waals surface area contributed by atoms with Gasteiger partial charge in [0.2, 0.25) is 5.91 Å². The molecular formula is C24H33N5O3. The number of urea groups is 1. The van der Waals surface area contributed by atoms with Crippen molar-refractivity contribution in [1.82, 2.24) is 25.0 Å². The Morgan fingerprint density at radius 3 is 2.69 bits per heavy atom. The molecule has 4 aliphatic heterocycles. The van der Waals surface area contributed by atoms with Crippen molar-refractivity contribution in [1.29, 1.82) is 0 Å². The van der Waals surface area contributed by atoms with Crippen molar-refractivity contribution in [3.63, 3.8) is 0 Å². The molecule has 4 amide bonds. The SMILES string of the molecule is Cc1ncccc1C(=O)NC1CCN(C(=O)N2C[C@H]3C[C@H](C2)[C@H]2CCCC(=O)N2C3)CC1. The summed E-state index contributed by atoms with van der Waals surface area (Å²) in [6.45, 7) is 5.49. The van der Waals surface area contributed by atoms with Gasteiger partial charge in [0.05, 0.1) is 5.56 Å². The standard InChI is InChI=1S/C24H33N5O3/c1-16-20(4-3-9-25-16)23(31)26-19-7-10-27(11-8-19)24(32)28-13-17-12-18(15-28)21-5-2-6-22(30)29(21)14-17/h3-4,9,17-19,21H,2,5-8,10-15H2,1H3,(H,26,31)/t17-,18-,21-/m1/s1. The second-order valence-corrected chi connectivity index (χ2v) is 9.93. The van der Waals surface area contributed by atoms with Gasteiger partial charge in [0, 0.05) is 63.1 Å². The lowest BCUT2D eigenvalue weighted by atomic mass is 9.76. The van der Waals surface area contributed by atoms with Crippen molar-refractivity contribution in [2.45, 2.75) is 57.5 Å². The number of hydrogen-bond donors (Lipinski definition) is 1. The fraction of sp³-hybridized carbons (Fsp3) is 0.667. The zero-order valence-corrected chi connectivity index (χ0v) is 18.8. The summed E-state index contributed by atoms with van der Waals surface area (Å²) < 4.78 is 0. The van der Waals surface area contributed by atoms with Gasteiger partial charge in [0.1, 0.15) is 0 Å². The van der Waals surface area contributed by atoms with E-state index in [1.807, 2.05) is 16.7 Å². The van der Waals surface area contributed by atoms with E-state index in [1.54, 1.807) is 18.3 Å². The molecule has 8 nitrogen and oxygen atoms in total. The molecule has 4 aliphatic rings. The summed E-state index contributed by atoms with van der Waals surface area (Å²) in [5, 5.41) is 3.11. The zero-order valence-electron chi connectivity index (χ0n) is 18.8. The molecule has 5 rings (SSSR count). The highest BCUT2D eigenvalue weighted by atomic mass is 16.2. The molecule has 0 aromatic carbocycles. The number of aryl methyl sites for hydroxylation is 1. The van der Waals surface area contributed by atoms with Crippen molar-refractivity contribution in [3.05, 3.63) is 29.6 Å². The molecule has 1 aromatic rings. The summed E-state index contributed by atoms with van der Waals surface area (Å²) in [5.41, 5.74) is 1.34. The molecule has 1 aromatic heterocycles. The highest BCUT2D eigenvalue weighted by molar-refractivity contribution is 5.95. The van der Waals surface area contributed by atoms with Crippen LogP contribution in [0.2, 0.25) is 0 Å². The Kier molecular flexibility index (Phi) is 5.78. The van der Waals surface area contributed by atoms with Gasteiger partial charge in [-0.15, -0.1) is 0 Å². The van der Waals surface area contributed by atoms with Crippen LogP contribution in [0, 0.1) is 18.8 Å². The van der Waals surface area contributed by atoms with Crippen molar-refractivity contribution in [3.8, 4) is 0 Å². The van der Waals surface area contributed by atoms with Crippen LogP contribution in [0.1, 0.15) is 54.6 Å². The van der Waals surface area contributed by atoms with Gasteiger partial charge in [0.25, 0.3) is 5.91 Å². The summed E-state index contributed by atoms with van der Waals surface area (Å²) >= 11 is 0. The fourth-order valence-electron chi connectivity index (χ4n) is 6.17. The second kappa shape index (κ2) is 8.71. The van der Waals surface area contributed by atoms with Gasteiger partial charge in [0.15, 0.2) is 0 Å². The lowest BCUT2D eigenvalue weighted by Crippen LogP contribution is -2.62. The van der Waals surface area contributed by atoms with Crippen LogP contribution in [0.5, 0.6) is 0 Å². The molecule has 2 bridgehead atoms. The zero-order chi connectivity index (χ0) is 22.2. The van der Waals surface area contributed by atoms with Crippen LogP contribution in [0.3, 0.4) is 0 Å². The molecular weight excluding hydrogens is 406 g/mol. The third-order valence-electron chi connectivity index (χ3n) is 7.80. The first-order valence-corrected chi connectivity index (χ1v) is 12.1. The third kappa shape index (κ3) is 4.07. The highest BCUT2D eigenvalue weighted by Crippen LogP contribution is 2.38. The van der Waals surface area contributed by atoms with Crippen LogP contribution in [-0.4, -0.2) is 82.3 Å². The number of hydrogen-bond acceptors (Lipinski definition) is 4. The van der Waals surface area contributed by atoms with E-state index in [0.717, 1.165) is 57.4 Å². The second-order valence-electron chi connectivity index (χ2n) is 9.93. The summed E-state index contributed by atoms with van der Waals surface area (Å²) in [7, 11) is 0. The van der Waals surface area contributed by atoms with Crippen molar-refractivity contribution < 1.29 is 14.4 Å². The maximum absolute atomic E-state index is 13.3. The van der Waals surface area contributed by atoms with Gasteiger partial charge in [-0.1, -0.05) is 0 Å². The summed E-state index contributed by atoms with van der Waals surface area (Å²) in [6, 6.07) is 4.10. The van der Waals surface area contributed by atoms with Crippen LogP contribution in [-0.2, 0) is 4.79 Å². The molecule has 0 saturated carbocycles. The molecule has 0 radical (unpaired) electrons. The average Bonchev–Trinajstić information content (AvgIpc) is 2.80. The molecule has 0 spiro atoms. The van der Waals surface area contributed by atoms with E-state index in [0.29, 0.717) is 48.9 Å². The molecule has 3 atom stereocenters. The Morgan fingerprint density at radius 1 is 1.09 bits per heavy atom. The molecule has 4 saturated heterocycles. The van der Waals surface area contributed by atoms with Crippen LogP contribution in [0.25, 0.3) is 0 Å². The smallest absolute Gasteiger partial charge is 0.320 e. The van der Waals surface area contributed by atoms with E-state index in [4.69, 9.17) is 0 Å². The number of aromatic nitrogens is 1. The minimum Gasteiger partial charge on any atom is -0.349 e. The van der Waals surface area contributed by atoms with Gasteiger partial charge in [-0.3, -0.25) is 14.6 Å². The Hall–Kier alpha value is -2.64. The van der Waals surface area contributed by atoms with Crippen molar-refractivity contribution in [2.24, 2.45) is 11.8 Å². The van der Waals surface area contributed by atoms with E-state index >= 15 is 0 Å². The quantitative estimate of drug-likeness (QED) is 0.764. The number of carbonyl (C=O) groups excluding carboxylic acids is 3. The highest BCUT2D eigenvalue weighted by Gasteiger charge is 2.45. The summed E-state index contributed by atoms with van der Waals surface area (Å²) in [5.74, 6) is 1.03. The molecule has 5 heterocycles. The van der Waals surface area contributed by atoms with E-state index in [-0.39, 0.29) is 18.0 Å². The minimum absolute atomic E-state index is 0.0775. The van der Waals surface area contributed by atoms with Crippen LogP contribution in [0.4, 0.5) is 4.79 Å². The van der Waals surface area contributed by atoms with E-state index in [9.17, 15) is 14.4 Å². The molecule has 172 valence electrons. The van der Waals surface area contributed by atoms with Gasteiger partial charge >= 0.3 is 6.03 Å². The largest absolute Gasteiger partial charge is 0.349 e. The van der Waals surface area contributed by atoms with Crippen molar-refractivity contribution >= 4 is 17.8 Å². The molecule has 0 unspecified atom stereocenters. The van der Waals surface area contributed by atoms with Crippen LogP contribution < -0.4 is 5.32 Å². The Balaban J connectivity index is 1.15. The molecule has 1 N–H and O–H groups in total. The fourth-order valence-corrected chi connectivity index (χ4v) is 6.17. The number of pyridine rings is 1. The number of piperidine rings is 4. The van der Waals surface area contributed by atoms with Crippen molar-refractivity contribution in [2.75, 3.05) is 32.7 Å². The number of nitrogens with one attached hydrogen (secondary N) is 1. The van der Waals surface area contributed by atoms with Gasteiger partial charge in [-0.2, -0.15) is 0 Å².